The van der Waals surface area contributed by atoms with Crippen molar-refractivity contribution in [1.82, 2.24) is 4.90 Å². The molecule has 0 saturated carbocycles. The molecule has 16 heavy (non-hydrogen) atoms. The lowest BCUT2D eigenvalue weighted by Crippen LogP contribution is -2.28. The molecule has 1 aromatic rings. The summed E-state index contributed by atoms with van der Waals surface area (Å²) in [7, 11) is 0. The molecule has 1 fully saturated rings. The van der Waals surface area contributed by atoms with Crippen LogP contribution < -0.4 is 5.73 Å². The van der Waals surface area contributed by atoms with Crippen LogP contribution in [0.2, 0.25) is 0 Å². The van der Waals surface area contributed by atoms with Gasteiger partial charge in [-0.25, -0.2) is 0 Å². The van der Waals surface area contributed by atoms with Crippen LogP contribution in [0.3, 0.4) is 0 Å². The van der Waals surface area contributed by atoms with Gasteiger partial charge in [0, 0.05) is 18.3 Å². The number of rotatable bonds is 2. The Balaban J connectivity index is 0.00000128. The van der Waals surface area contributed by atoms with Crippen molar-refractivity contribution < 1.29 is 0 Å². The van der Waals surface area contributed by atoms with E-state index in [1.807, 2.05) is 12.1 Å². The van der Waals surface area contributed by atoms with E-state index in [1.165, 1.54) is 18.5 Å². The van der Waals surface area contributed by atoms with Crippen molar-refractivity contribution in [2.24, 2.45) is 5.92 Å². The first-order chi connectivity index (χ1) is 7.16. The highest BCUT2D eigenvalue weighted by atomic mass is 35.5. The maximum absolute atomic E-state index is 5.78. The number of likely N-dealkylation sites (tertiary alicyclic amines) is 1. The highest BCUT2D eigenvalue weighted by Gasteiger charge is 2.26. The van der Waals surface area contributed by atoms with Crippen molar-refractivity contribution in [3.63, 3.8) is 0 Å². The number of nitrogens with zero attached hydrogens (tertiary/aromatic N) is 1. The third-order valence-electron chi connectivity index (χ3n) is 3.61. The number of nitrogen functional groups attached to an aromatic ring is 1. The van der Waals surface area contributed by atoms with Gasteiger partial charge in [-0.3, -0.25) is 4.90 Å². The number of benzene rings is 1. The molecule has 1 aromatic carbocycles. The first-order valence-electron chi connectivity index (χ1n) is 5.75. The molecule has 0 aliphatic carbocycles. The van der Waals surface area contributed by atoms with Crippen molar-refractivity contribution in [1.29, 1.82) is 0 Å². The first-order valence-corrected chi connectivity index (χ1v) is 5.75. The van der Waals surface area contributed by atoms with Crippen LogP contribution in [0.1, 0.15) is 25.8 Å². The van der Waals surface area contributed by atoms with E-state index in [1.54, 1.807) is 0 Å². The van der Waals surface area contributed by atoms with E-state index in [0.717, 1.165) is 18.2 Å². The first kappa shape index (κ1) is 13.3. The van der Waals surface area contributed by atoms with Crippen LogP contribution in [0.15, 0.2) is 24.3 Å². The molecular formula is C13H21ClN2. The Hall–Kier alpha value is -0.730. The predicted octanol–water partition coefficient (Wildman–Crippen LogP) is 2.92. The number of anilines is 1. The van der Waals surface area contributed by atoms with Gasteiger partial charge >= 0.3 is 0 Å². The molecular weight excluding hydrogens is 220 g/mol. The van der Waals surface area contributed by atoms with E-state index in [-0.39, 0.29) is 12.4 Å². The summed E-state index contributed by atoms with van der Waals surface area (Å²) in [5.41, 5.74) is 7.97. The standard InChI is InChI=1S/C13H20N2.ClH/c1-10-6-7-15(11(10)2)9-12-4-3-5-13(14)8-12;/h3-5,8,10-11H,6-7,9,14H2,1-2H3;1H. The van der Waals surface area contributed by atoms with Crippen molar-refractivity contribution in [2.75, 3.05) is 12.3 Å². The normalized spacial score (nSPS) is 25.4. The SMILES string of the molecule is CC1CCN(Cc2cccc(N)c2)C1C.Cl. The Labute approximate surface area is 104 Å². The zero-order valence-electron chi connectivity index (χ0n) is 10.0. The van der Waals surface area contributed by atoms with Gasteiger partial charge in [-0.2, -0.15) is 0 Å². The van der Waals surface area contributed by atoms with Crippen LogP contribution in [0, 0.1) is 5.92 Å². The van der Waals surface area contributed by atoms with Crippen molar-refractivity contribution in [3.8, 4) is 0 Å². The molecule has 2 unspecified atom stereocenters. The van der Waals surface area contributed by atoms with Gasteiger partial charge in [-0.1, -0.05) is 19.1 Å². The van der Waals surface area contributed by atoms with Crippen LogP contribution in [-0.2, 0) is 6.54 Å². The fraction of sp³-hybridized carbons (Fsp3) is 0.538. The Bertz CT molecular complexity index is 340. The Kier molecular flexibility index (Phi) is 4.63. The molecule has 0 spiro atoms. The molecule has 0 aromatic heterocycles. The quantitative estimate of drug-likeness (QED) is 0.806. The van der Waals surface area contributed by atoms with Gasteiger partial charge in [0.25, 0.3) is 0 Å². The van der Waals surface area contributed by atoms with Gasteiger partial charge < -0.3 is 5.73 Å². The Morgan fingerprint density at radius 1 is 1.38 bits per heavy atom. The number of nitrogens with two attached hydrogens (primary N) is 1. The van der Waals surface area contributed by atoms with Gasteiger partial charge in [0.05, 0.1) is 0 Å². The summed E-state index contributed by atoms with van der Waals surface area (Å²) < 4.78 is 0. The van der Waals surface area contributed by atoms with Crippen molar-refractivity contribution in [3.05, 3.63) is 29.8 Å². The van der Waals surface area contributed by atoms with Gasteiger partial charge in [0.1, 0.15) is 0 Å². The van der Waals surface area contributed by atoms with Crippen molar-refractivity contribution in [2.45, 2.75) is 32.9 Å². The highest BCUT2D eigenvalue weighted by molar-refractivity contribution is 5.85. The smallest absolute Gasteiger partial charge is 0.0317 e. The molecule has 2 nitrogen and oxygen atoms in total. The predicted molar refractivity (Wildman–Crippen MR) is 71.8 cm³/mol. The van der Waals surface area contributed by atoms with E-state index in [0.29, 0.717) is 6.04 Å². The Morgan fingerprint density at radius 3 is 2.69 bits per heavy atom. The highest BCUT2D eigenvalue weighted by Crippen LogP contribution is 2.25. The third-order valence-corrected chi connectivity index (χ3v) is 3.61. The number of hydrogen-bond acceptors (Lipinski definition) is 2. The molecule has 0 radical (unpaired) electrons. The largest absolute Gasteiger partial charge is 0.399 e. The lowest BCUT2D eigenvalue weighted by Gasteiger charge is -2.23. The summed E-state index contributed by atoms with van der Waals surface area (Å²) >= 11 is 0. The second-order valence-electron chi connectivity index (χ2n) is 4.72. The summed E-state index contributed by atoms with van der Waals surface area (Å²) in [6.07, 6.45) is 1.32. The molecule has 1 saturated heterocycles. The second-order valence-corrected chi connectivity index (χ2v) is 4.72. The lowest BCUT2D eigenvalue weighted by atomic mass is 10.1. The minimum absolute atomic E-state index is 0. The van der Waals surface area contributed by atoms with Gasteiger partial charge in [0.15, 0.2) is 0 Å². The van der Waals surface area contributed by atoms with Gasteiger partial charge in [-0.15, -0.1) is 12.4 Å². The minimum atomic E-state index is 0. The third kappa shape index (κ3) is 2.89. The maximum Gasteiger partial charge on any atom is 0.0317 e. The fourth-order valence-electron chi connectivity index (χ4n) is 2.32. The monoisotopic (exact) mass is 240 g/mol. The van der Waals surface area contributed by atoms with Crippen LogP contribution in [-0.4, -0.2) is 17.5 Å². The summed E-state index contributed by atoms with van der Waals surface area (Å²) in [6.45, 7) is 6.92. The van der Waals surface area contributed by atoms with Gasteiger partial charge in [0.2, 0.25) is 0 Å². The van der Waals surface area contributed by atoms with E-state index in [4.69, 9.17) is 5.73 Å². The Morgan fingerprint density at radius 2 is 2.12 bits per heavy atom. The molecule has 1 heterocycles. The van der Waals surface area contributed by atoms with Crippen LogP contribution in [0.5, 0.6) is 0 Å². The van der Waals surface area contributed by atoms with Crippen molar-refractivity contribution >= 4 is 18.1 Å². The molecule has 0 amide bonds. The summed E-state index contributed by atoms with van der Waals surface area (Å²) in [6, 6.07) is 8.92. The molecule has 0 bridgehead atoms. The molecule has 2 N–H and O–H groups in total. The molecule has 1 aliphatic heterocycles. The van der Waals surface area contributed by atoms with Crippen LogP contribution in [0.25, 0.3) is 0 Å². The zero-order chi connectivity index (χ0) is 10.8. The fourth-order valence-corrected chi connectivity index (χ4v) is 2.32. The summed E-state index contributed by atoms with van der Waals surface area (Å²) in [5, 5.41) is 0. The molecule has 90 valence electrons. The zero-order valence-corrected chi connectivity index (χ0v) is 10.8. The summed E-state index contributed by atoms with van der Waals surface area (Å²) in [4.78, 5) is 2.54. The van der Waals surface area contributed by atoms with Crippen LogP contribution >= 0.6 is 12.4 Å². The molecule has 2 atom stereocenters. The van der Waals surface area contributed by atoms with Gasteiger partial charge in [-0.05, 0) is 43.5 Å². The molecule has 3 heteroatoms. The number of halogens is 1. The number of hydrogen-bond donors (Lipinski definition) is 1. The topological polar surface area (TPSA) is 29.3 Å². The maximum atomic E-state index is 5.78. The van der Waals surface area contributed by atoms with E-state index >= 15 is 0 Å². The van der Waals surface area contributed by atoms with E-state index < -0.39 is 0 Å². The van der Waals surface area contributed by atoms with E-state index in [9.17, 15) is 0 Å². The van der Waals surface area contributed by atoms with Crippen LogP contribution in [0.4, 0.5) is 5.69 Å². The molecule has 2 rings (SSSR count). The second kappa shape index (κ2) is 5.55. The average Bonchev–Trinajstić information content (AvgIpc) is 2.50. The minimum Gasteiger partial charge on any atom is -0.399 e. The average molecular weight is 241 g/mol. The molecule has 1 aliphatic rings. The lowest BCUT2D eigenvalue weighted by molar-refractivity contribution is 0.239. The van der Waals surface area contributed by atoms with E-state index in [2.05, 4.69) is 30.9 Å². The summed E-state index contributed by atoms with van der Waals surface area (Å²) in [5.74, 6) is 0.825.